The van der Waals surface area contributed by atoms with Gasteiger partial charge >= 0.3 is 0 Å². The predicted molar refractivity (Wildman–Crippen MR) is 64.5 cm³/mol. The zero-order chi connectivity index (χ0) is 11.7. The average molecular weight is 216 g/mol. The lowest BCUT2D eigenvalue weighted by Gasteiger charge is -2.18. The lowest BCUT2D eigenvalue weighted by molar-refractivity contribution is 0.431. The molecule has 0 spiro atoms. The molecule has 90 valence electrons. The van der Waals surface area contributed by atoms with E-state index in [1.165, 1.54) is 0 Å². The van der Waals surface area contributed by atoms with Gasteiger partial charge in [-0.15, -0.1) is 0 Å². The van der Waals surface area contributed by atoms with Crippen molar-refractivity contribution in [2.24, 2.45) is 0 Å². The second-order valence-electron chi connectivity index (χ2n) is 4.00. The summed E-state index contributed by atoms with van der Waals surface area (Å²) >= 11 is 0. The Hall–Kier alpha value is -0.570. The first kappa shape index (κ1) is 14.4. The van der Waals surface area contributed by atoms with Crippen molar-refractivity contribution in [1.29, 1.82) is 0 Å². The van der Waals surface area contributed by atoms with E-state index in [0.29, 0.717) is 6.42 Å². The maximum Gasteiger partial charge on any atom is 0.120 e. The molecule has 0 fully saturated rings. The van der Waals surface area contributed by atoms with Crippen LogP contribution in [0.1, 0.15) is 39.5 Å². The third-order valence-electron chi connectivity index (χ3n) is 2.29. The molecule has 0 aromatic carbocycles. The van der Waals surface area contributed by atoms with Crippen LogP contribution in [0.25, 0.3) is 0 Å². The zero-order valence-electron chi connectivity index (χ0n) is 10.6. The molecule has 0 aromatic heterocycles. The minimum absolute atomic E-state index is 0.0328. The lowest BCUT2D eigenvalue weighted by Crippen LogP contribution is -2.18. The summed E-state index contributed by atoms with van der Waals surface area (Å²) in [7, 11) is 3.81. The molecule has 1 N–H and O–H groups in total. The second kappa shape index (κ2) is 8.72. The highest BCUT2D eigenvalue weighted by Gasteiger charge is 2.07. The van der Waals surface area contributed by atoms with Crippen LogP contribution in [0.2, 0.25) is 0 Å². The number of hydrogen-bond donors (Lipinski definition) is 1. The highest BCUT2D eigenvalue weighted by Crippen LogP contribution is 2.17. The van der Waals surface area contributed by atoms with E-state index in [9.17, 15) is 4.39 Å². The standard InChI is InChI=1S/C12H25FN2/c1-5-7-12(15(3)4)11(13)8-10-14-9-6-2/h14H,5-10H2,1-4H3/b12-11-. The number of allylic oxidation sites excluding steroid dienone is 1. The van der Waals surface area contributed by atoms with Gasteiger partial charge in [0, 0.05) is 32.8 Å². The van der Waals surface area contributed by atoms with Crippen molar-refractivity contribution in [2.45, 2.75) is 39.5 Å². The summed E-state index contributed by atoms with van der Waals surface area (Å²) in [6.45, 7) is 5.90. The molecule has 0 atom stereocenters. The molecule has 0 heterocycles. The zero-order valence-corrected chi connectivity index (χ0v) is 10.6. The summed E-state index contributed by atoms with van der Waals surface area (Å²) < 4.78 is 13.7. The van der Waals surface area contributed by atoms with Gasteiger partial charge in [0.1, 0.15) is 5.83 Å². The SMILES string of the molecule is CCCNCC/C(F)=C(\CCC)N(C)C. The van der Waals surface area contributed by atoms with Crippen LogP contribution in [0.15, 0.2) is 11.5 Å². The molecule has 15 heavy (non-hydrogen) atoms. The molecule has 0 saturated heterocycles. The van der Waals surface area contributed by atoms with Gasteiger partial charge in [0.05, 0.1) is 0 Å². The Bertz CT molecular complexity index is 188. The molecule has 0 amide bonds. The molecule has 0 bridgehead atoms. The Morgan fingerprint density at radius 3 is 2.20 bits per heavy atom. The molecule has 0 saturated carbocycles. The van der Waals surface area contributed by atoms with Gasteiger partial charge in [-0.2, -0.15) is 0 Å². The number of nitrogens with zero attached hydrogens (tertiary/aromatic N) is 1. The van der Waals surface area contributed by atoms with E-state index in [0.717, 1.165) is 38.0 Å². The first-order valence-corrected chi connectivity index (χ1v) is 5.89. The van der Waals surface area contributed by atoms with E-state index in [2.05, 4.69) is 19.2 Å². The number of hydrogen-bond acceptors (Lipinski definition) is 2. The summed E-state index contributed by atoms with van der Waals surface area (Å²) in [5, 5.41) is 3.21. The van der Waals surface area contributed by atoms with Crippen molar-refractivity contribution in [1.82, 2.24) is 10.2 Å². The molecular formula is C12H25FN2. The lowest BCUT2D eigenvalue weighted by atomic mass is 10.2. The molecule has 0 unspecified atom stereocenters. The first-order chi connectivity index (χ1) is 7.13. The number of halogens is 1. The Balaban J connectivity index is 4.06. The van der Waals surface area contributed by atoms with Crippen LogP contribution in [-0.2, 0) is 0 Å². The fourth-order valence-corrected chi connectivity index (χ4v) is 1.48. The van der Waals surface area contributed by atoms with Crippen LogP contribution < -0.4 is 5.32 Å². The van der Waals surface area contributed by atoms with Gasteiger partial charge in [0.2, 0.25) is 0 Å². The smallest absolute Gasteiger partial charge is 0.120 e. The van der Waals surface area contributed by atoms with Crippen molar-refractivity contribution in [3.05, 3.63) is 11.5 Å². The van der Waals surface area contributed by atoms with Crippen molar-refractivity contribution in [3.63, 3.8) is 0 Å². The van der Waals surface area contributed by atoms with Crippen molar-refractivity contribution < 1.29 is 4.39 Å². The van der Waals surface area contributed by atoms with Crippen molar-refractivity contribution >= 4 is 0 Å². The van der Waals surface area contributed by atoms with Crippen LogP contribution in [0, 0.1) is 0 Å². The van der Waals surface area contributed by atoms with Crippen LogP contribution in [0.3, 0.4) is 0 Å². The molecule has 3 heteroatoms. The monoisotopic (exact) mass is 216 g/mol. The van der Waals surface area contributed by atoms with E-state index in [4.69, 9.17) is 0 Å². The van der Waals surface area contributed by atoms with Gasteiger partial charge in [-0.3, -0.25) is 0 Å². The summed E-state index contributed by atoms with van der Waals surface area (Å²) in [5.74, 6) is 0.0328. The molecule has 0 aliphatic carbocycles. The predicted octanol–water partition coefficient (Wildman–Crippen LogP) is 2.92. The topological polar surface area (TPSA) is 15.3 Å². The van der Waals surface area contributed by atoms with Gasteiger partial charge in [-0.05, 0) is 19.4 Å². The van der Waals surface area contributed by atoms with Gasteiger partial charge < -0.3 is 10.2 Å². The Morgan fingerprint density at radius 1 is 1.07 bits per heavy atom. The van der Waals surface area contributed by atoms with Crippen LogP contribution in [-0.4, -0.2) is 32.1 Å². The summed E-state index contributed by atoms with van der Waals surface area (Å²) in [5.41, 5.74) is 0.843. The fraction of sp³-hybridized carbons (Fsp3) is 0.833. The Morgan fingerprint density at radius 2 is 1.73 bits per heavy atom. The van der Waals surface area contributed by atoms with Gasteiger partial charge in [-0.1, -0.05) is 20.3 Å². The van der Waals surface area contributed by atoms with E-state index in [-0.39, 0.29) is 5.83 Å². The third-order valence-corrected chi connectivity index (χ3v) is 2.29. The van der Waals surface area contributed by atoms with E-state index >= 15 is 0 Å². The normalized spacial score (nSPS) is 12.6. The summed E-state index contributed by atoms with van der Waals surface area (Å²) in [6, 6.07) is 0. The molecule has 0 aromatic rings. The Kier molecular flexibility index (Phi) is 8.38. The largest absolute Gasteiger partial charge is 0.379 e. The first-order valence-electron chi connectivity index (χ1n) is 5.89. The second-order valence-corrected chi connectivity index (χ2v) is 4.00. The average Bonchev–Trinajstić information content (AvgIpc) is 2.20. The van der Waals surface area contributed by atoms with Crippen LogP contribution >= 0.6 is 0 Å². The minimum Gasteiger partial charge on any atom is -0.379 e. The summed E-state index contributed by atoms with van der Waals surface area (Å²) in [4.78, 5) is 1.89. The van der Waals surface area contributed by atoms with Gasteiger partial charge in [0.15, 0.2) is 0 Å². The molecular weight excluding hydrogens is 191 g/mol. The maximum absolute atomic E-state index is 13.7. The fourth-order valence-electron chi connectivity index (χ4n) is 1.48. The molecule has 0 rings (SSSR count). The molecule has 0 radical (unpaired) electrons. The molecule has 2 nitrogen and oxygen atoms in total. The van der Waals surface area contributed by atoms with Crippen LogP contribution in [0.4, 0.5) is 4.39 Å². The molecule has 0 aliphatic heterocycles. The Labute approximate surface area is 93.5 Å². The van der Waals surface area contributed by atoms with Crippen molar-refractivity contribution in [2.75, 3.05) is 27.2 Å². The quantitative estimate of drug-likeness (QED) is 0.628. The van der Waals surface area contributed by atoms with E-state index in [1.807, 2.05) is 19.0 Å². The summed E-state index contributed by atoms with van der Waals surface area (Å²) in [6.07, 6.45) is 3.42. The van der Waals surface area contributed by atoms with Crippen molar-refractivity contribution in [3.8, 4) is 0 Å². The van der Waals surface area contributed by atoms with E-state index < -0.39 is 0 Å². The minimum atomic E-state index is 0.0328. The maximum atomic E-state index is 13.7. The van der Waals surface area contributed by atoms with Gasteiger partial charge in [-0.25, -0.2) is 4.39 Å². The highest BCUT2D eigenvalue weighted by atomic mass is 19.1. The van der Waals surface area contributed by atoms with Gasteiger partial charge in [0.25, 0.3) is 0 Å². The third kappa shape index (κ3) is 6.50. The number of rotatable bonds is 8. The highest BCUT2D eigenvalue weighted by molar-refractivity contribution is 5.06. The van der Waals surface area contributed by atoms with Crippen LogP contribution in [0.5, 0.6) is 0 Å². The number of nitrogens with one attached hydrogen (secondary N) is 1. The molecule has 0 aliphatic rings. The van der Waals surface area contributed by atoms with E-state index in [1.54, 1.807) is 0 Å².